The van der Waals surface area contributed by atoms with Gasteiger partial charge in [0.05, 0.1) is 16.3 Å². The summed E-state index contributed by atoms with van der Waals surface area (Å²) < 4.78 is 28.4. The normalized spacial score (nSPS) is 18.7. The van der Waals surface area contributed by atoms with Crippen LogP contribution in [0.4, 0.5) is 11.4 Å². The van der Waals surface area contributed by atoms with Crippen molar-refractivity contribution in [2.24, 2.45) is 0 Å². The third kappa shape index (κ3) is 4.04. The number of nitrogens with one attached hydrogen (secondary N) is 2. The van der Waals surface area contributed by atoms with Crippen molar-refractivity contribution in [3.63, 3.8) is 0 Å². The molecule has 0 spiro atoms. The Bertz CT molecular complexity index is 1130. The zero-order valence-electron chi connectivity index (χ0n) is 16.8. The topological polar surface area (TPSA) is 95.6 Å². The van der Waals surface area contributed by atoms with Gasteiger partial charge in [0.25, 0.3) is 10.0 Å². The number of anilines is 2. The summed E-state index contributed by atoms with van der Waals surface area (Å²) in [5, 5.41) is 1.87. The Kier molecular flexibility index (Phi) is 5.50. The minimum Gasteiger partial charge on any atom is -0.341 e. The molecule has 0 saturated carbocycles. The van der Waals surface area contributed by atoms with Crippen LogP contribution in [0.5, 0.6) is 0 Å². The molecule has 0 aliphatic carbocycles. The Hall–Kier alpha value is -2.52. The van der Waals surface area contributed by atoms with Crippen LogP contribution in [-0.4, -0.2) is 43.5 Å². The average molecular weight is 446 g/mol. The van der Waals surface area contributed by atoms with Gasteiger partial charge >= 0.3 is 0 Å². The van der Waals surface area contributed by atoms with Gasteiger partial charge in [-0.15, -0.1) is 11.8 Å². The summed E-state index contributed by atoms with van der Waals surface area (Å²) in [7, 11) is -3.83. The average Bonchev–Trinajstić information content (AvgIpc) is 3.24. The molecule has 2 aliphatic heterocycles. The first-order valence-corrected chi connectivity index (χ1v) is 12.1. The fraction of sp³-hybridized carbons (Fsp3) is 0.333. The van der Waals surface area contributed by atoms with E-state index < -0.39 is 21.2 Å². The van der Waals surface area contributed by atoms with Crippen LogP contribution in [0.3, 0.4) is 0 Å². The van der Waals surface area contributed by atoms with Crippen LogP contribution in [0, 0.1) is 13.8 Å². The van der Waals surface area contributed by atoms with Gasteiger partial charge in [0.15, 0.2) is 5.25 Å². The number of benzene rings is 2. The molecule has 0 aromatic heterocycles. The molecule has 2 N–H and O–H groups in total. The second-order valence-electron chi connectivity index (χ2n) is 7.60. The maximum absolute atomic E-state index is 12.9. The van der Waals surface area contributed by atoms with E-state index in [1.807, 2.05) is 26.0 Å². The van der Waals surface area contributed by atoms with E-state index in [-0.39, 0.29) is 10.8 Å². The second kappa shape index (κ2) is 7.96. The first-order valence-electron chi connectivity index (χ1n) is 9.75. The minimum absolute atomic E-state index is 0.0485. The summed E-state index contributed by atoms with van der Waals surface area (Å²) >= 11 is 1.17. The molecule has 4 rings (SSSR count). The zero-order chi connectivity index (χ0) is 21.5. The second-order valence-corrected chi connectivity index (χ2v) is 10.4. The Labute approximate surface area is 180 Å². The molecule has 2 aliphatic rings. The van der Waals surface area contributed by atoms with Gasteiger partial charge in [-0.05, 0) is 62.1 Å². The Morgan fingerprint density at radius 2 is 1.87 bits per heavy atom. The maximum Gasteiger partial charge on any atom is 0.261 e. The van der Waals surface area contributed by atoms with Crippen molar-refractivity contribution >= 4 is 45.0 Å². The minimum atomic E-state index is -3.83. The van der Waals surface area contributed by atoms with Crippen LogP contribution in [0.2, 0.25) is 0 Å². The summed E-state index contributed by atoms with van der Waals surface area (Å²) in [4.78, 5) is 27.6. The van der Waals surface area contributed by atoms with E-state index in [0.29, 0.717) is 29.4 Å². The lowest BCUT2D eigenvalue weighted by atomic mass is 10.1. The number of nitrogens with zero attached hydrogens (tertiary/aromatic N) is 1. The maximum atomic E-state index is 12.9. The highest BCUT2D eigenvalue weighted by molar-refractivity contribution is 8.01. The van der Waals surface area contributed by atoms with Gasteiger partial charge in [0, 0.05) is 18.0 Å². The lowest BCUT2D eigenvalue weighted by Gasteiger charge is -2.27. The molecule has 9 heteroatoms. The number of rotatable bonds is 4. The van der Waals surface area contributed by atoms with Gasteiger partial charge in [-0.2, -0.15) is 0 Å². The highest BCUT2D eigenvalue weighted by Gasteiger charge is 2.37. The van der Waals surface area contributed by atoms with E-state index in [0.717, 1.165) is 24.0 Å². The van der Waals surface area contributed by atoms with Crippen molar-refractivity contribution in [2.45, 2.75) is 41.7 Å². The Morgan fingerprint density at radius 1 is 1.13 bits per heavy atom. The SMILES string of the molecule is Cc1ccc(C)c(NS(=O)(=O)c2ccc3c(c2)NC(=O)[C@@H](C(=O)N2CCCC2)S3)c1. The summed E-state index contributed by atoms with van der Waals surface area (Å²) in [5.41, 5.74) is 2.68. The number of carbonyl (C=O) groups excluding carboxylic acids is 2. The fourth-order valence-electron chi connectivity index (χ4n) is 3.57. The van der Waals surface area contributed by atoms with Crippen molar-refractivity contribution in [2.75, 3.05) is 23.1 Å². The summed E-state index contributed by atoms with van der Waals surface area (Å²) in [6.07, 6.45) is 1.91. The van der Waals surface area contributed by atoms with Crippen molar-refractivity contribution in [3.8, 4) is 0 Å². The molecular weight excluding hydrogens is 422 g/mol. The van der Waals surface area contributed by atoms with E-state index >= 15 is 0 Å². The standard InChI is InChI=1S/C21H23N3O4S2/c1-13-5-6-14(2)16(11-13)23-30(27,28)15-7-8-18-17(12-15)22-20(25)19(29-18)21(26)24-9-3-4-10-24/h5-8,11-12,19,23H,3-4,9-10H2,1-2H3,(H,22,25)/t19-/m0/s1. The molecular formula is C21H23N3O4S2. The van der Waals surface area contributed by atoms with Gasteiger partial charge in [-0.1, -0.05) is 12.1 Å². The first-order chi connectivity index (χ1) is 14.2. The molecule has 0 unspecified atom stereocenters. The van der Waals surface area contributed by atoms with Crippen LogP contribution in [0.1, 0.15) is 24.0 Å². The molecule has 2 amide bonds. The Balaban J connectivity index is 1.57. The lowest BCUT2D eigenvalue weighted by molar-refractivity contribution is -0.133. The number of hydrogen-bond acceptors (Lipinski definition) is 5. The highest BCUT2D eigenvalue weighted by Crippen LogP contribution is 2.38. The molecule has 2 aromatic carbocycles. The van der Waals surface area contributed by atoms with E-state index in [1.54, 1.807) is 17.0 Å². The number of aryl methyl sites for hydroxylation is 2. The smallest absolute Gasteiger partial charge is 0.261 e. The van der Waals surface area contributed by atoms with Crippen LogP contribution < -0.4 is 10.0 Å². The van der Waals surface area contributed by atoms with E-state index in [1.165, 1.54) is 23.9 Å². The molecule has 158 valence electrons. The van der Waals surface area contributed by atoms with Gasteiger partial charge in [-0.3, -0.25) is 14.3 Å². The predicted octanol–water partition coefficient (Wildman–Crippen LogP) is 3.14. The number of carbonyl (C=O) groups is 2. The number of sulfonamides is 1. The third-order valence-electron chi connectivity index (χ3n) is 5.28. The van der Waals surface area contributed by atoms with Crippen molar-refractivity contribution in [3.05, 3.63) is 47.5 Å². The van der Waals surface area contributed by atoms with Crippen LogP contribution >= 0.6 is 11.8 Å². The summed E-state index contributed by atoms with van der Waals surface area (Å²) in [5.74, 6) is -0.602. The molecule has 7 nitrogen and oxygen atoms in total. The van der Waals surface area contributed by atoms with Crippen molar-refractivity contribution in [1.82, 2.24) is 4.90 Å². The number of fused-ring (bicyclic) bond motifs is 1. The zero-order valence-corrected chi connectivity index (χ0v) is 18.4. The van der Waals surface area contributed by atoms with Crippen LogP contribution in [0.15, 0.2) is 46.2 Å². The van der Waals surface area contributed by atoms with Gasteiger partial charge in [0.1, 0.15) is 0 Å². The number of hydrogen-bond donors (Lipinski definition) is 2. The molecule has 2 heterocycles. The van der Waals surface area contributed by atoms with E-state index in [2.05, 4.69) is 10.0 Å². The Morgan fingerprint density at radius 3 is 2.60 bits per heavy atom. The van der Waals surface area contributed by atoms with E-state index in [9.17, 15) is 18.0 Å². The highest BCUT2D eigenvalue weighted by atomic mass is 32.2. The molecule has 2 aromatic rings. The fourth-order valence-corrected chi connectivity index (χ4v) is 5.77. The van der Waals surface area contributed by atoms with Crippen LogP contribution in [-0.2, 0) is 19.6 Å². The molecule has 1 saturated heterocycles. The molecule has 0 radical (unpaired) electrons. The number of thioether (sulfide) groups is 1. The molecule has 0 bridgehead atoms. The number of amides is 2. The largest absolute Gasteiger partial charge is 0.341 e. The van der Waals surface area contributed by atoms with Gasteiger partial charge in [0.2, 0.25) is 11.8 Å². The lowest BCUT2D eigenvalue weighted by Crippen LogP contribution is -2.43. The van der Waals surface area contributed by atoms with Gasteiger partial charge in [-0.25, -0.2) is 8.42 Å². The summed E-state index contributed by atoms with van der Waals surface area (Å²) in [6.45, 7) is 5.08. The quantitative estimate of drug-likeness (QED) is 0.705. The van der Waals surface area contributed by atoms with Crippen molar-refractivity contribution < 1.29 is 18.0 Å². The monoisotopic (exact) mass is 445 g/mol. The summed E-state index contributed by atoms with van der Waals surface area (Å²) in [6, 6.07) is 10.1. The van der Waals surface area contributed by atoms with Crippen LogP contribution in [0.25, 0.3) is 0 Å². The molecule has 1 fully saturated rings. The number of likely N-dealkylation sites (tertiary alicyclic amines) is 1. The van der Waals surface area contributed by atoms with E-state index in [4.69, 9.17) is 0 Å². The predicted molar refractivity (Wildman–Crippen MR) is 117 cm³/mol. The van der Waals surface area contributed by atoms with Gasteiger partial charge < -0.3 is 10.2 Å². The van der Waals surface area contributed by atoms with Crippen molar-refractivity contribution in [1.29, 1.82) is 0 Å². The third-order valence-corrected chi connectivity index (χ3v) is 7.91. The molecule has 30 heavy (non-hydrogen) atoms. The molecule has 1 atom stereocenters. The first kappa shape index (κ1) is 20.7.